The Hall–Kier alpha value is -2.41. The van der Waals surface area contributed by atoms with Crippen LogP contribution in [0, 0.1) is 0 Å². The Balaban J connectivity index is 1.63. The quantitative estimate of drug-likeness (QED) is 0.770. The van der Waals surface area contributed by atoms with Crippen molar-refractivity contribution in [3.63, 3.8) is 0 Å². The Morgan fingerprint density at radius 2 is 2.32 bits per heavy atom. The molecule has 0 atom stereocenters. The molecule has 1 aliphatic rings. The average molecular weight is 299 g/mol. The van der Waals surface area contributed by atoms with Gasteiger partial charge in [-0.25, -0.2) is 4.98 Å². The van der Waals surface area contributed by atoms with Crippen molar-refractivity contribution in [1.82, 2.24) is 24.6 Å². The van der Waals surface area contributed by atoms with Gasteiger partial charge in [0, 0.05) is 13.1 Å². The number of fused-ring (bicyclic) bond motifs is 1. The minimum Gasteiger partial charge on any atom is -0.468 e. The van der Waals surface area contributed by atoms with Crippen molar-refractivity contribution in [3.05, 3.63) is 46.5 Å². The summed E-state index contributed by atoms with van der Waals surface area (Å²) in [7, 11) is 1.79. The maximum atomic E-state index is 12.1. The van der Waals surface area contributed by atoms with Gasteiger partial charge in [-0.05, 0) is 25.0 Å². The molecule has 0 aromatic carbocycles. The largest absolute Gasteiger partial charge is 0.468 e. The molecule has 0 bridgehead atoms. The van der Waals surface area contributed by atoms with Crippen molar-refractivity contribution in [2.45, 2.75) is 32.0 Å². The van der Waals surface area contributed by atoms with Crippen LogP contribution in [0.1, 0.15) is 24.4 Å². The van der Waals surface area contributed by atoms with Gasteiger partial charge >= 0.3 is 0 Å². The molecular formula is C15H17N5O2. The Morgan fingerprint density at radius 1 is 1.45 bits per heavy atom. The second-order valence-corrected chi connectivity index (χ2v) is 5.73. The van der Waals surface area contributed by atoms with Crippen molar-refractivity contribution in [1.29, 1.82) is 0 Å². The van der Waals surface area contributed by atoms with Crippen LogP contribution in [0.5, 0.6) is 0 Å². The molecule has 0 unspecified atom stereocenters. The summed E-state index contributed by atoms with van der Waals surface area (Å²) in [4.78, 5) is 21.8. The third-order valence-corrected chi connectivity index (χ3v) is 4.01. The van der Waals surface area contributed by atoms with Crippen LogP contribution in [0.3, 0.4) is 0 Å². The first-order valence-electron chi connectivity index (χ1n) is 7.38. The van der Waals surface area contributed by atoms with E-state index in [1.54, 1.807) is 24.2 Å². The van der Waals surface area contributed by atoms with E-state index >= 15 is 0 Å². The molecule has 7 nitrogen and oxygen atoms in total. The zero-order valence-corrected chi connectivity index (χ0v) is 12.3. The molecule has 0 spiro atoms. The highest BCUT2D eigenvalue weighted by Gasteiger charge is 2.30. The van der Waals surface area contributed by atoms with E-state index in [1.807, 2.05) is 12.1 Å². The topological polar surface area (TPSA) is 80.0 Å². The fraction of sp³-hybridized carbons (Fsp3) is 0.400. The summed E-state index contributed by atoms with van der Waals surface area (Å²) in [6, 6.07) is 4.40. The molecule has 4 rings (SSSR count). The SMILES string of the molecule is Cn1ncc2c(=O)[nH]c(CN(Cc3ccco3)C3CC3)nc21. The Bertz CT molecular complexity index is 845. The molecule has 1 saturated carbocycles. The lowest BCUT2D eigenvalue weighted by Crippen LogP contribution is -2.27. The van der Waals surface area contributed by atoms with E-state index in [0.717, 1.165) is 12.3 Å². The van der Waals surface area contributed by atoms with Crippen LogP contribution in [0.4, 0.5) is 0 Å². The second kappa shape index (κ2) is 5.10. The lowest BCUT2D eigenvalue weighted by molar-refractivity contribution is 0.220. The maximum absolute atomic E-state index is 12.1. The van der Waals surface area contributed by atoms with E-state index in [1.165, 1.54) is 12.8 Å². The van der Waals surface area contributed by atoms with E-state index in [2.05, 4.69) is 20.0 Å². The molecule has 1 N–H and O–H groups in total. The van der Waals surface area contributed by atoms with Gasteiger partial charge in [0.05, 0.1) is 25.5 Å². The number of furan rings is 1. The van der Waals surface area contributed by atoms with Gasteiger partial charge in [0.2, 0.25) is 0 Å². The molecule has 3 aromatic heterocycles. The first-order chi connectivity index (χ1) is 10.7. The summed E-state index contributed by atoms with van der Waals surface area (Å²) in [5, 5.41) is 4.61. The van der Waals surface area contributed by atoms with Gasteiger partial charge in [-0.3, -0.25) is 14.4 Å². The molecule has 0 amide bonds. The number of nitrogens with one attached hydrogen (secondary N) is 1. The van der Waals surface area contributed by atoms with Crippen LogP contribution >= 0.6 is 0 Å². The molecule has 1 aliphatic carbocycles. The third-order valence-electron chi connectivity index (χ3n) is 4.01. The number of nitrogens with zero attached hydrogens (tertiary/aromatic N) is 4. The first-order valence-corrected chi connectivity index (χ1v) is 7.38. The van der Waals surface area contributed by atoms with Crippen LogP contribution in [0.2, 0.25) is 0 Å². The minimum absolute atomic E-state index is 0.137. The predicted molar refractivity (Wildman–Crippen MR) is 80.1 cm³/mol. The number of aromatic nitrogens is 4. The van der Waals surface area contributed by atoms with Crippen molar-refractivity contribution in [3.8, 4) is 0 Å². The van der Waals surface area contributed by atoms with Crippen molar-refractivity contribution < 1.29 is 4.42 Å². The first kappa shape index (κ1) is 13.3. The summed E-state index contributed by atoms with van der Waals surface area (Å²) in [5.41, 5.74) is 0.481. The number of H-pyrrole nitrogens is 1. The molecule has 22 heavy (non-hydrogen) atoms. The van der Waals surface area contributed by atoms with Gasteiger partial charge in [0.25, 0.3) is 5.56 Å². The zero-order chi connectivity index (χ0) is 15.1. The molecule has 114 valence electrons. The highest BCUT2D eigenvalue weighted by Crippen LogP contribution is 2.29. The van der Waals surface area contributed by atoms with Crippen molar-refractivity contribution in [2.75, 3.05) is 0 Å². The summed E-state index contributed by atoms with van der Waals surface area (Å²) in [5.74, 6) is 1.59. The molecule has 3 heterocycles. The van der Waals surface area contributed by atoms with Crippen LogP contribution in [0.25, 0.3) is 11.0 Å². The number of aromatic amines is 1. The monoisotopic (exact) mass is 299 g/mol. The van der Waals surface area contributed by atoms with Crippen LogP contribution in [-0.2, 0) is 20.1 Å². The second-order valence-electron chi connectivity index (χ2n) is 5.73. The predicted octanol–water partition coefficient (Wildman–Crippen LogP) is 1.41. The highest BCUT2D eigenvalue weighted by molar-refractivity contribution is 5.72. The molecule has 0 aliphatic heterocycles. The van der Waals surface area contributed by atoms with Gasteiger partial charge in [0.15, 0.2) is 5.65 Å². The fourth-order valence-electron chi connectivity index (χ4n) is 2.70. The number of aryl methyl sites for hydroxylation is 1. The van der Waals surface area contributed by atoms with Crippen molar-refractivity contribution in [2.24, 2.45) is 7.05 Å². The normalized spacial score (nSPS) is 15.0. The summed E-state index contributed by atoms with van der Waals surface area (Å²) in [6.45, 7) is 1.33. The Kier molecular flexibility index (Phi) is 3.07. The molecule has 0 saturated heterocycles. The third kappa shape index (κ3) is 2.43. The van der Waals surface area contributed by atoms with E-state index < -0.39 is 0 Å². The van der Waals surface area contributed by atoms with Crippen LogP contribution in [0.15, 0.2) is 33.8 Å². The average Bonchev–Trinajstić information content (AvgIpc) is 3.10. The standard InChI is InChI=1S/C15H17N5O2/c1-19-14-12(7-16-19)15(21)18-13(17-14)9-20(10-4-5-10)8-11-3-2-6-22-11/h2-3,6-7,10H,4-5,8-9H2,1H3,(H,17,18,21). The van der Waals surface area contributed by atoms with Crippen LogP contribution < -0.4 is 5.56 Å². The molecular weight excluding hydrogens is 282 g/mol. The molecule has 7 heteroatoms. The van der Waals surface area contributed by atoms with E-state index in [9.17, 15) is 4.79 Å². The van der Waals surface area contributed by atoms with Gasteiger partial charge < -0.3 is 9.40 Å². The summed E-state index contributed by atoms with van der Waals surface area (Å²) >= 11 is 0. The number of hydrogen-bond acceptors (Lipinski definition) is 5. The number of hydrogen-bond donors (Lipinski definition) is 1. The van der Waals surface area contributed by atoms with E-state index in [4.69, 9.17) is 4.42 Å². The lowest BCUT2D eigenvalue weighted by atomic mass is 10.3. The maximum Gasteiger partial charge on any atom is 0.262 e. The van der Waals surface area contributed by atoms with Gasteiger partial charge in [-0.2, -0.15) is 5.10 Å². The van der Waals surface area contributed by atoms with E-state index in [-0.39, 0.29) is 5.56 Å². The fourth-order valence-corrected chi connectivity index (χ4v) is 2.70. The zero-order valence-electron chi connectivity index (χ0n) is 12.3. The van der Waals surface area contributed by atoms with Gasteiger partial charge in [0.1, 0.15) is 17.0 Å². The lowest BCUT2D eigenvalue weighted by Gasteiger charge is -2.19. The highest BCUT2D eigenvalue weighted by atomic mass is 16.3. The molecule has 1 fully saturated rings. The Labute approximate surface area is 126 Å². The van der Waals surface area contributed by atoms with Crippen molar-refractivity contribution >= 4 is 11.0 Å². The van der Waals surface area contributed by atoms with Crippen LogP contribution in [-0.4, -0.2) is 30.7 Å². The van der Waals surface area contributed by atoms with Gasteiger partial charge in [-0.15, -0.1) is 0 Å². The van der Waals surface area contributed by atoms with E-state index in [0.29, 0.717) is 29.4 Å². The molecule has 3 aromatic rings. The summed E-state index contributed by atoms with van der Waals surface area (Å²) < 4.78 is 7.06. The smallest absolute Gasteiger partial charge is 0.262 e. The molecule has 0 radical (unpaired) electrons. The summed E-state index contributed by atoms with van der Waals surface area (Å²) in [6.07, 6.45) is 5.59. The Morgan fingerprint density at radius 3 is 3.05 bits per heavy atom. The van der Waals surface area contributed by atoms with Gasteiger partial charge in [-0.1, -0.05) is 0 Å². The minimum atomic E-state index is -0.137. The number of rotatable bonds is 5.